The highest BCUT2D eigenvalue weighted by molar-refractivity contribution is 6.10. The van der Waals surface area contributed by atoms with Gasteiger partial charge in [0.1, 0.15) is 11.2 Å². The van der Waals surface area contributed by atoms with Crippen LogP contribution in [0.15, 0.2) is 78.0 Å². The van der Waals surface area contributed by atoms with Gasteiger partial charge in [0.25, 0.3) is 0 Å². The quantitative estimate of drug-likeness (QED) is 0.0837. The zero-order valence-corrected chi connectivity index (χ0v) is 24.0. The molecule has 0 amide bonds. The molecule has 0 atom stereocenters. The van der Waals surface area contributed by atoms with E-state index in [2.05, 4.69) is 11.1 Å². The van der Waals surface area contributed by atoms with Gasteiger partial charge in [-0.3, -0.25) is 4.79 Å². The number of esters is 2. The van der Waals surface area contributed by atoms with E-state index in [9.17, 15) is 14.4 Å². The first-order valence-corrected chi connectivity index (χ1v) is 12.7. The van der Waals surface area contributed by atoms with Crippen LogP contribution in [0, 0.1) is 0 Å². The summed E-state index contributed by atoms with van der Waals surface area (Å²) in [6.07, 6.45) is 2.14. The molecular weight excluding hydrogens is 524 g/mol. The Bertz CT molecular complexity index is 1550. The first-order chi connectivity index (χ1) is 19.3. The second kappa shape index (κ2) is 14.2. The molecule has 9 nitrogen and oxygen atoms in total. The first-order valence-electron chi connectivity index (χ1n) is 12.7. The van der Waals surface area contributed by atoms with Crippen LogP contribution in [-0.2, 0) is 9.47 Å². The van der Waals surface area contributed by atoms with Crippen LogP contribution in [0.2, 0.25) is 0 Å². The molecule has 0 aliphatic heterocycles. The molecule has 216 valence electrons. The van der Waals surface area contributed by atoms with Crippen molar-refractivity contribution < 1.29 is 34.3 Å². The fourth-order valence-corrected chi connectivity index (χ4v) is 3.97. The summed E-state index contributed by atoms with van der Waals surface area (Å²) >= 11 is 0. The molecule has 41 heavy (non-hydrogen) atoms. The van der Waals surface area contributed by atoms with E-state index in [1.807, 2.05) is 77.9 Å². The van der Waals surface area contributed by atoms with Gasteiger partial charge in [0, 0.05) is 11.1 Å². The van der Waals surface area contributed by atoms with Crippen molar-refractivity contribution in [3.63, 3.8) is 0 Å². The third kappa shape index (κ3) is 8.96. The van der Waals surface area contributed by atoms with Crippen molar-refractivity contribution in [3.05, 3.63) is 95.1 Å². The summed E-state index contributed by atoms with van der Waals surface area (Å²) in [5, 5.41) is 21.4. The first kappa shape index (κ1) is 32.6. The predicted molar refractivity (Wildman–Crippen MR) is 159 cm³/mol. The molecule has 0 aliphatic carbocycles. The fourth-order valence-electron chi connectivity index (χ4n) is 3.97. The highest BCUT2D eigenvalue weighted by Gasteiger charge is 2.21. The Hall–Kier alpha value is -4.60. The maximum Gasteiger partial charge on any atom is 0.339 e. The van der Waals surface area contributed by atoms with Gasteiger partial charge in [-0.25, -0.2) is 15.5 Å². The summed E-state index contributed by atoms with van der Waals surface area (Å²) in [4.78, 5) is 35.4. The summed E-state index contributed by atoms with van der Waals surface area (Å²) < 4.78 is 10.8. The lowest BCUT2D eigenvalue weighted by molar-refractivity contribution is 0.00592. The Labute approximate surface area is 239 Å². The van der Waals surface area contributed by atoms with E-state index in [0.717, 1.165) is 33.4 Å². The summed E-state index contributed by atoms with van der Waals surface area (Å²) in [6, 6.07) is 21.5. The van der Waals surface area contributed by atoms with Crippen LogP contribution in [0.1, 0.15) is 78.2 Å². The van der Waals surface area contributed by atoms with Gasteiger partial charge in [0.2, 0.25) is 0 Å². The highest BCUT2D eigenvalue weighted by Crippen LogP contribution is 2.25. The summed E-state index contributed by atoms with van der Waals surface area (Å²) in [5.74, 6) is 2.77. The molecule has 0 bridgehead atoms. The SMILES string of the molecule is CC(C)(C)OC(=O)c1cccc2c(/C=N/O)cccc12.CC(C)(C)OC(=O)c1cccc2c(C=O)cccc12.NO. The second-order valence-electron chi connectivity index (χ2n) is 10.9. The molecule has 0 saturated heterocycles. The summed E-state index contributed by atoms with van der Waals surface area (Å²) in [5.41, 5.74) is 1.23. The van der Waals surface area contributed by atoms with Crippen LogP contribution in [0.4, 0.5) is 0 Å². The van der Waals surface area contributed by atoms with Crippen LogP contribution in [0.3, 0.4) is 0 Å². The van der Waals surface area contributed by atoms with Gasteiger partial charge < -0.3 is 19.9 Å². The second-order valence-corrected chi connectivity index (χ2v) is 10.9. The van der Waals surface area contributed by atoms with Crippen LogP contribution in [0.5, 0.6) is 0 Å². The number of ether oxygens (including phenoxy) is 2. The van der Waals surface area contributed by atoms with E-state index in [1.54, 1.807) is 36.4 Å². The van der Waals surface area contributed by atoms with E-state index in [4.69, 9.17) is 19.9 Å². The Morgan fingerprint density at radius 2 is 1.02 bits per heavy atom. The zero-order valence-electron chi connectivity index (χ0n) is 24.0. The summed E-state index contributed by atoms with van der Waals surface area (Å²) in [6.45, 7) is 11.0. The van der Waals surface area contributed by atoms with Crippen LogP contribution >= 0.6 is 0 Å². The highest BCUT2D eigenvalue weighted by atomic mass is 16.6. The van der Waals surface area contributed by atoms with Gasteiger partial charge in [-0.2, -0.15) is 0 Å². The molecule has 0 radical (unpaired) electrons. The molecular formula is C32H36N2O7. The van der Waals surface area contributed by atoms with Crippen LogP contribution < -0.4 is 5.90 Å². The largest absolute Gasteiger partial charge is 0.456 e. The van der Waals surface area contributed by atoms with Crippen molar-refractivity contribution >= 4 is 46.0 Å². The molecule has 0 spiro atoms. The number of aldehydes is 1. The van der Waals surface area contributed by atoms with Crippen molar-refractivity contribution in [2.45, 2.75) is 52.7 Å². The average Bonchev–Trinajstić information content (AvgIpc) is 2.92. The maximum absolute atomic E-state index is 12.2. The number of carbonyl (C=O) groups is 3. The Morgan fingerprint density at radius 1 is 0.659 bits per heavy atom. The third-order valence-electron chi connectivity index (χ3n) is 5.47. The molecule has 0 fully saturated rings. The fraction of sp³-hybridized carbons (Fsp3) is 0.250. The molecule has 4 N–H and O–H groups in total. The topological polar surface area (TPSA) is 149 Å². The van der Waals surface area contributed by atoms with E-state index in [-0.39, 0.29) is 11.9 Å². The number of hydrogen-bond donors (Lipinski definition) is 3. The minimum absolute atomic E-state index is 0.360. The minimum Gasteiger partial charge on any atom is -0.456 e. The molecule has 0 aromatic heterocycles. The smallest absolute Gasteiger partial charge is 0.339 e. The van der Waals surface area contributed by atoms with E-state index in [0.29, 0.717) is 16.7 Å². The standard InChI is InChI=1S/C16H17NO3.C16H16O3.H3NO/c1-16(2,3)20-15(18)14-9-5-7-12-11(10-17-19)6-4-8-13(12)14;1-16(2,3)19-15(18)14-9-5-7-12-11(10-17)6-4-8-13(12)14;1-2/h4-10,19H,1-3H3;4-10H,1-3H3;2H,1H2/b17-10+;;. The normalized spacial score (nSPS) is 11.2. The summed E-state index contributed by atoms with van der Waals surface area (Å²) in [7, 11) is 0. The van der Waals surface area contributed by atoms with Crippen molar-refractivity contribution in [1.29, 1.82) is 0 Å². The van der Waals surface area contributed by atoms with Gasteiger partial charge >= 0.3 is 11.9 Å². The monoisotopic (exact) mass is 560 g/mol. The lowest BCUT2D eigenvalue weighted by Gasteiger charge is -2.20. The van der Waals surface area contributed by atoms with E-state index in [1.165, 1.54) is 6.21 Å². The number of benzene rings is 4. The molecule has 4 rings (SSSR count). The third-order valence-corrected chi connectivity index (χ3v) is 5.47. The predicted octanol–water partition coefficient (Wildman–Crippen LogP) is 6.55. The number of oxime groups is 1. The minimum atomic E-state index is -0.540. The van der Waals surface area contributed by atoms with Crippen molar-refractivity contribution in [1.82, 2.24) is 0 Å². The number of hydrogen-bond acceptors (Lipinski definition) is 9. The van der Waals surface area contributed by atoms with Crippen LogP contribution in [0.25, 0.3) is 21.5 Å². The van der Waals surface area contributed by atoms with Crippen LogP contribution in [-0.4, -0.2) is 46.1 Å². The Balaban J connectivity index is 0.000000271. The van der Waals surface area contributed by atoms with Crippen molar-refractivity contribution in [2.75, 3.05) is 0 Å². The van der Waals surface area contributed by atoms with E-state index < -0.39 is 11.2 Å². The number of rotatable bonds is 4. The van der Waals surface area contributed by atoms with Crippen molar-refractivity contribution in [3.8, 4) is 0 Å². The lowest BCUT2D eigenvalue weighted by atomic mass is 10.0. The number of carbonyl (C=O) groups excluding carboxylic acids is 3. The van der Waals surface area contributed by atoms with E-state index >= 15 is 0 Å². The average molecular weight is 561 g/mol. The Morgan fingerprint density at radius 3 is 1.41 bits per heavy atom. The van der Waals surface area contributed by atoms with Crippen molar-refractivity contribution in [2.24, 2.45) is 11.1 Å². The van der Waals surface area contributed by atoms with Gasteiger partial charge in [0.15, 0.2) is 6.29 Å². The number of nitrogens with zero attached hydrogens (tertiary/aromatic N) is 1. The molecule has 0 aliphatic rings. The molecule has 0 unspecified atom stereocenters. The number of fused-ring (bicyclic) bond motifs is 2. The molecule has 9 heteroatoms. The Kier molecular flexibility index (Phi) is 11.3. The molecule has 4 aromatic carbocycles. The molecule has 4 aromatic rings. The lowest BCUT2D eigenvalue weighted by Crippen LogP contribution is -2.24. The maximum atomic E-state index is 12.2. The van der Waals surface area contributed by atoms with Gasteiger partial charge in [-0.15, -0.1) is 0 Å². The number of nitrogens with two attached hydrogens (primary N) is 1. The molecule has 0 saturated carbocycles. The van der Waals surface area contributed by atoms with Gasteiger partial charge in [-0.05, 0) is 75.2 Å². The zero-order chi connectivity index (χ0) is 30.8. The van der Waals surface area contributed by atoms with Gasteiger partial charge in [0.05, 0.1) is 17.3 Å². The molecule has 0 heterocycles. The van der Waals surface area contributed by atoms with Gasteiger partial charge in [-0.1, -0.05) is 65.8 Å².